The quantitative estimate of drug-likeness (QED) is 0.733. The van der Waals surface area contributed by atoms with Gasteiger partial charge in [0.1, 0.15) is 5.82 Å². The van der Waals surface area contributed by atoms with E-state index >= 15 is 0 Å². The van der Waals surface area contributed by atoms with Crippen molar-refractivity contribution in [3.63, 3.8) is 0 Å². The molecule has 1 aliphatic heterocycles. The van der Waals surface area contributed by atoms with Gasteiger partial charge in [-0.05, 0) is 31.4 Å². The van der Waals surface area contributed by atoms with E-state index in [1.807, 2.05) is 34.9 Å². The van der Waals surface area contributed by atoms with Crippen LogP contribution in [0, 0.1) is 0 Å². The van der Waals surface area contributed by atoms with Crippen LogP contribution in [0.4, 0.5) is 0 Å². The van der Waals surface area contributed by atoms with Crippen molar-refractivity contribution in [1.82, 2.24) is 19.4 Å². The second-order valence-electron chi connectivity index (χ2n) is 7.17. The second kappa shape index (κ2) is 7.88. The lowest BCUT2D eigenvalue weighted by Crippen LogP contribution is -2.45. The highest BCUT2D eigenvalue weighted by atomic mass is 32.1. The molecule has 1 aliphatic rings. The first-order chi connectivity index (χ1) is 13.2. The minimum atomic E-state index is -0.0557. The zero-order chi connectivity index (χ0) is 18.8. The molecule has 1 aromatic carbocycles. The average molecular weight is 384 g/mol. The van der Waals surface area contributed by atoms with Crippen LogP contribution in [0.2, 0.25) is 0 Å². The predicted octanol–water partition coefficient (Wildman–Crippen LogP) is 2.78. The van der Waals surface area contributed by atoms with Crippen molar-refractivity contribution in [2.45, 2.75) is 44.8 Å². The van der Waals surface area contributed by atoms with E-state index in [0.29, 0.717) is 12.1 Å². The summed E-state index contributed by atoms with van der Waals surface area (Å²) >= 11 is 1.43. The molecular formula is C20H25N5OS. The highest BCUT2D eigenvalue weighted by Crippen LogP contribution is 2.27. The number of aromatic nitrogens is 3. The molecule has 2 N–H and O–H groups in total. The Bertz CT molecular complexity index is 967. The van der Waals surface area contributed by atoms with E-state index in [4.69, 9.17) is 10.7 Å². The van der Waals surface area contributed by atoms with Crippen LogP contribution >= 0.6 is 11.3 Å². The molecule has 0 saturated carbocycles. The third-order valence-electron chi connectivity index (χ3n) is 5.29. The maximum absolute atomic E-state index is 13.2. The Balaban J connectivity index is 1.82. The molecule has 0 radical (unpaired) electrons. The van der Waals surface area contributed by atoms with Gasteiger partial charge in [-0.1, -0.05) is 37.3 Å². The molecule has 4 rings (SSSR count). The Labute approximate surface area is 162 Å². The molecule has 7 heteroatoms. The highest BCUT2D eigenvalue weighted by molar-refractivity contribution is 7.16. The minimum Gasteiger partial charge on any atom is -0.327 e. The molecule has 3 aromatic rings. The number of fused-ring (bicyclic) bond motifs is 1. The largest absolute Gasteiger partial charge is 0.327 e. The number of hydrogen-bond donors (Lipinski definition) is 1. The first-order valence-corrected chi connectivity index (χ1v) is 10.4. The first-order valence-electron chi connectivity index (χ1n) is 9.55. The molecule has 27 heavy (non-hydrogen) atoms. The third kappa shape index (κ3) is 3.67. The van der Waals surface area contributed by atoms with E-state index in [-0.39, 0.29) is 17.6 Å². The van der Waals surface area contributed by atoms with Gasteiger partial charge in [-0.25, -0.2) is 9.97 Å². The summed E-state index contributed by atoms with van der Waals surface area (Å²) in [6.07, 6.45) is 3.03. The van der Waals surface area contributed by atoms with Crippen molar-refractivity contribution in [3.05, 3.63) is 57.6 Å². The number of rotatable bonds is 5. The standard InChI is InChI=1S/C20H25N5OS/c1-2-16(24-10-6-9-15(21)12-24)18-23-19-17(22-13-27-19)20(26)25(18)11-14-7-4-3-5-8-14/h3-5,7-8,13,15-16H,2,6,9-12,21H2,1H3. The summed E-state index contributed by atoms with van der Waals surface area (Å²) in [5.41, 5.74) is 9.42. The van der Waals surface area contributed by atoms with Crippen LogP contribution in [0.1, 0.15) is 43.6 Å². The Morgan fingerprint density at radius 3 is 2.89 bits per heavy atom. The predicted molar refractivity (Wildman–Crippen MR) is 109 cm³/mol. The van der Waals surface area contributed by atoms with Crippen molar-refractivity contribution in [1.29, 1.82) is 0 Å². The van der Waals surface area contributed by atoms with E-state index in [9.17, 15) is 4.79 Å². The maximum atomic E-state index is 13.2. The molecule has 6 nitrogen and oxygen atoms in total. The molecule has 1 saturated heterocycles. The zero-order valence-electron chi connectivity index (χ0n) is 15.5. The second-order valence-corrected chi connectivity index (χ2v) is 8.01. The Morgan fingerprint density at radius 1 is 1.33 bits per heavy atom. The summed E-state index contributed by atoms with van der Waals surface area (Å²) in [7, 11) is 0. The summed E-state index contributed by atoms with van der Waals surface area (Å²) in [4.78, 5) is 25.5. The van der Waals surface area contributed by atoms with Gasteiger partial charge in [-0.15, -0.1) is 11.3 Å². The van der Waals surface area contributed by atoms with Gasteiger partial charge in [0.05, 0.1) is 18.1 Å². The molecule has 0 aliphatic carbocycles. The van der Waals surface area contributed by atoms with Crippen molar-refractivity contribution in [2.75, 3.05) is 13.1 Å². The molecule has 3 heterocycles. The summed E-state index contributed by atoms with van der Waals surface area (Å²) in [6.45, 7) is 4.50. The number of hydrogen-bond acceptors (Lipinski definition) is 6. The van der Waals surface area contributed by atoms with Gasteiger partial charge in [0.15, 0.2) is 10.3 Å². The van der Waals surface area contributed by atoms with E-state index in [0.717, 1.165) is 48.6 Å². The molecule has 2 atom stereocenters. The SMILES string of the molecule is CCC(c1nc2scnc2c(=O)n1Cc1ccccc1)N1CCCC(N)C1. The first kappa shape index (κ1) is 18.3. The maximum Gasteiger partial charge on any atom is 0.281 e. The molecule has 0 bridgehead atoms. The van der Waals surface area contributed by atoms with E-state index < -0.39 is 0 Å². The molecule has 2 unspecified atom stereocenters. The number of benzene rings is 1. The Hall–Kier alpha value is -2.09. The number of piperidine rings is 1. The summed E-state index contributed by atoms with van der Waals surface area (Å²) in [5, 5.41) is 0. The van der Waals surface area contributed by atoms with Crippen LogP contribution in [0.15, 0.2) is 40.6 Å². The Kier molecular flexibility index (Phi) is 5.33. The summed E-state index contributed by atoms with van der Waals surface area (Å²) < 4.78 is 1.81. The van der Waals surface area contributed by atoms with Crippen molar-refractivity contribution >= 4 is 21.7 Å². The van der Waals surface area contributed by atoms with Gasteiger partial charge in [0, 0.05) is 12.6 Å². The Morgan fingerprint density at radius 2 is 2.15 bits per heavy atom. The smallest absolute Gasteiger partial charge is 0.281 e. The third-order valence-corrected chi connectivity index (χ3v) is 6.01. The average Bonchev–Trinajstić information content (AvgIpc) is 3.15. The van der Waals surface area contributed by atoms with Crippen LogP contribution < -0.4 is 11.3 Å². The van der Waals surface area contributed by atoms with Crippen LogP contribution in [0.25, 0.3) is 10.3 Å². The molecular weight excluding hydrogens is 358 g/mol. The van der Waals surface area contributed by atoms with Gasteiger partial charge in [-0.3, -0.25) is 14.3 Å². The lowest BCUT2D eigenvalue weighted by Gasteiger charge is -2.37. The van der Waals surface area contributed by atoms with Crippen LogP contribution in [-0.4, -0.2) is 38.6 Å². The summed E-state index contributed by atoms with van der Waals surface area (Å²) in [5.74, 6) is 0.831. The van der Waals surface area contributed by atoms with Gasteiger partial charge < -0.3 is 5.73 Å². The normalized spacial score (nSPS) is 19.4. The number of likely N-dealkylation sites (tertiary alicyclic amines) is 1. The van der Waals surface area contributed by atoms with E-state index in [1.165, 1.54) is 11.3 Å². The number of nitrogens with zero attached hydrogens (tertiary/aromatic N) is 4. The lowest BCUT2D eigenvalue weighted by molar-refractivity contribution is 0.136. The molecule has 0 spiro atoms. The highest BCUT2D eigenvalue weighted by Gasteiger charge is 2.28. The van der Waals surface area contributed by atoms with Crippen LogP contribution in [0.5, 0.6) is 0 Å². The van der Waals surface area contributed by atoms with Crippen molar-refractivity contribution in [2.24, 2.45) is 5.73 Å². The van der Waals surface area contributed by atoms with Gasteiger partial charge in [0.25, 0.3) is 5.56 Å². The topological polar surface area (TPSA) is 77.0 Å². The minimum absolute atomic E-state index is 0.0557. The van der Waals surface area contributed by atoms with Crippen LogP contribution in [0.3, 0.4) is 0 Å². The molecule has 142 valence electrons. The molecule has 2 aromatic heterocycles. The van der Waals surface area contributed by atoms with Crippen molar-refractivity contribution < 1.29 is 0 Å². The number of nitrogens with two attached hydrogens (primary N) is 1. The van der Waals surface area contributed by atoms with Gasteiger partial charge >= 0.3 is 0 Å². The van der Waals surface area contributed by atoms with E-state index in [2.05, 4.69) is 16.8 Å². The fourth-order valence-corrected chi connectivity index (χ4v) is 4.62. The zero-order valence-corrected chi connectivity index (χ0v) is 16.4. The fourth-order valence-electron chi connectivity index (χ4n) is 3.96. The fraction of sp³-hybridized carbons (Fsp3) is 0.450. The van der Waals surface area contributed by atoms with Gasteiger partial charge in [0.2, 0.25) is 0 Å². The lowest BCUT2D eigenvalue weighted by atomic mass is 10.0. The molecule has 1 fully saturated rings. The van der Waals surface area contributed by atoms with E-state index in [1.54, 1.807) is 5.51 Å². The number of thiazole rings is 1. The summed E-state index contributed by atoms with van der Waals surface area (Å²) in [6, 6.07) is 10.3. The van der Waals surface area contributed by atoms with Crippen LogP contribution in [-0.2, 0) is 6.54 Å². The monoisotopic (exact) mass is 383 g/mol. The van der Waals surface area contributed by atoms with Gasteiger partial charge in [-0.2, -0.15) is 0 Å². The molecule has 0 amide bonds. The van der Waals surface area contributed by atoms with Crippen molar-refractivity contribution in [3.8, 4) is 0 Å².